The van der Waals surface area contributed by atoms with Crippen LogP contribution in [0.25, 0.3) is 21.7 Å². The first-order chi connectivity index (χ1) is 7.70. The molecule has 0 aliphatic carbocycles. The van der Waals surface area contributed by atoms with E-state index < -0.39 is 0 Å². The Labute approximate surface area is 94.5 Å². The summed E-state index contributed by atoms with van der Waals surface area (Å²) >= 11 is 0. The first-order valence-corrected chi connectivity index (χ1v) is 5.49. The Hall–Kier alpha value is -1.83. The van der Waals surface area contributed by atoms with Crippen molar-refractivity contribution in [1.82, 2.24) is 9.55 Å². The minimum atomic E-state index is 1.07. The fourth-order valence-electron chi connectivity index (χ4n) is 2.41. The number of rotatable bonds is 0. The van der Waals surface area contributed by atoms with Gasteiger partial charge in [0.05, 0.1) is 5.52 Å². The van der Waals surface area contributed by atoms with Crippen molar-refractivity contribution in [3.05, 3.63) is 41.9 Å². The lowest BCUT2D eigenvalue weighted by Crippen LogP contribution is -1.91. The van der Waals surface area contributed by atoms with Gasteiger partial charge in [0, 0.05) is 40.8 Å². The molecule has 3 rings (SSSR count). The number of nitrogens with zero attached hydrogens (tertiary/aromatic N) is 2. The monoisotopic (exact) mass is 210 g/mol. The molecule has 0 amide bonds. The average Bonchev–Trinajstić information content (AvgIpc) is 2.55. The van der Waals surface area contributed by atoms with Gasteiger partial charge in [-0.3, -0.25) is 4.98 Å². The molecule has 0 N–H and O–H groups in total. The van der Waals surface area contributed by atoms with Gasteiger partial charge in [-0.15, -0.1) is 0 Å². The third kappa shape index (κ3) is 1.04. The molecule has 0 radical (unpaired) electrons. The molecule has 80 valence electrons. The fourth-order valence-corrected chi connectivity index (χ4v) is 2.41. The maximum absolute atomic E-state index is 4.51. The Morgan fingerprint density at radius 2 is 1.75 bits per heavy atom. The lowest BCUT2D eigenvalue weighted by atomic mass is 10.1. The fraction of sp³-hybridized carbons (Fsp3) is 0.214. The largest absolute Gasteiger partial charge is 0.351 e. The topological polar surface area (TPSA) is 17.8 Å². The highest BCUT2D eigenvalue weighted by atomic mass is 15.0. The molecule has 0 bridgehead atoms. The summed E-state index contributed by atoms with van der Waals surface area (Å²) in [5, 5.41) is 3.85. The number of benzene rings is 1. The molecule has 2 heterocycles. The number of aryl methyl sites for hydroxylation is 2. The normalized spacial score (nSPS) is 11.4. The van der Waals surface area contributed by atoms with Crippen molar-refractivity contribution >= 4 is 21.7 Å². The second-order valence-electron chi connectivity index (χ2n) is 4.29. The number of aromatic nitrogens is 2. The van der Waals surface area contributed by atoms with Crippen LogP contribution in [0.4, 0.5) is 0 Å². The second-order valence-corrected chi connectivity index (χ2v) is 4.29. The van der Waals surface area contributed by atoms with Crippen molar-refractivity contribution in [2.45, 2.75) is 13.8 Å². The van der Waals surface area contributed by atoms with E-state index in [0.29, 0.717) is 0 Å². The van der Waals surface area contributed by atoms with Crippen molar-refractivity contribution in [2.24, 2.45) is 7.05 Å². The van der Waals surface area contributed by atoms with Crippen LogP contribution in [0.1, 0.15) is 11.4 Å². The van der Waals surface area contributed by atoms with Crippen LogP contribution in [-0.2, 0) is 7.05 Å². The molecule has 2 aromatic heterocycles. The van der Waals surface area contributed by atoms with E-state index >= 15 is 0 Å². The van der Waals surface area contributed by atoms with Crippen LogP contribution < -0.4 is 0 Å². The predicted octanol–water partition coefficient (Wildman–Crippen LogP) is 3.34. The molecule has 0 fully saturated rings. The summed E-state index contributed by atoms with van der Waals surface area (Å²) in [5.41, 5.74) is 3.67. The van der Waals surface area contributed by atoms with Crippen molar-refractivity contribution < 1.29 is 0 Å². The first-order valence-electron chi connectivity index (χ1n) is 5.49. The summed E-state index contributed by atoms with van der Waals surface area (Å²) in [6, 6.07) is 8.32. The zero-order valence-corrected chi connectivity index (χ0v) is 9.78. The molecule has 0 spiro atoms. The standard InChI is InChI=1S/C14H14N2/c1-9-12-8-15-13-7-5-4-6-11(13)14(12)10(2)16(9)3/h4-8H,1-3H3. The summed E-state index contributed by atoms with van der Waals surface area (Å²) in [7, 11) is 2.11. The highest BCUT2D eigenvalue weighted by molar-refractivity contribution is 6.08. The molecule has 0 aliphatic rings. The van der Waals surface area contributed by atoms with Crippen molar-refractivity contribution in [2.75, 3.05) is 0 Å². The molecule has 0 saturated heterocycles. The maximum atomic E-state index is 4.51. The third-order valence-corrected chi connectivity index (χ3v) is 3.53. The summed E-state index contributed by atoms with van der Waals surface area (Å²) in [4.78, 5) is 4.51. The van der Waals surface area contributed by atoms with Gasteiger partial charge in [0.25, 0.3) is 0 Å². The smallest absolute Gasteiger partial charge is 0.0709 e. The average molecular weight is 210 g/mol. The Morgan fingerprint density at radius 1 is 1.00 bits per heavy atom. The van der Waals surface area contributed by atoms with Crippen LogP contribution in [0.5, 0.6) is 0 Å². The van der Waals surface area contributed by atoms with Crippen LogP contribution in [0.3, 0.4) is 0 Å². The Morgan fingerprint density at radius 3 is 2.56 bits per heavy atom. The van der Waals surface area contributed by atoms with E-state index in [4.69, 9.17) is 0 Å². The molecule has 0 atom stereocenters. The second kappa shape index (κ2) is 3.08. The van der Waals surface area contributed by atoms with E-state index in [9.17, 15) is 0 Å². The van der Waals surface area contributed by atoms with Gasteiger partial charge < -0.3 is 4.57 Å². The number of para-hydroxylation sites is 1. The molecule has 0 aliphatic heterocycles. The van der Waals surface area contributed by atoms with Crippen LogP contribution in [0, 0.1) is 13.8 Å². The van der Waals surface area contributed by atoms with Crippen molar-refractivity contribution in [3.63, 3.8) is 0 Å². The molecule has 1 aromatic carbocycles. The molecule has 2 nitrogen and oxygen atoms in total. The van der Waals surface area contributed by atoms with Gasteiger partial charge in [0.1, 0.15) is 0 Å². The van der Waals surface area contributed by atoms with Gasteiger partial charge in [0.2, 0.25) is 0 Å². The lowest BCUT2D eigenvalue weighted by molar-refractivity contribution is 0.851. The molecule has 2 heteroatoms. The predicted molar refractivity (Wildman–Crippen MR) is 67.7 cm³/mol. The quantitative estimate of drug-likeness (QED) is 0.556. The lowest BCUT2D eigenvalue weighted by Gasteiger charge is -2.00. The van der Waals surface area contributed by atoms with E-state index in [0.717, 1.165) is 5.52 Å². The van der Waals surface area contributed by atoms with Gasteiger partial charge in [-0.2, -0.15) is 0 Å². The van der Waals surface area contributed by atoms with Gasteiger partial charge >= 0.3 is 0 Å². The molecular weight excluding hydrogens is 196 g/mol. The summed E-state index contributed by atoms with van der Waals surface area (Å²) in [6.07, 6.45) is 1.99. The number of fused-ring (bicyclic) bond motifs is 3. The van der Waals surface area contributed by atoms with E-state index in [1.165, 1.54) is 27.5 Å². The molecular formula is C14H14N2. The van der Waals surface area contributed by atoms with E-state index in [1.54, 1.807) is 0 Å². The van der Waals surface area contributed by atoms with Crippen LogP contribution >= 0.6 is 0 Å². The van der Waals surface area contributed by atoms with Crippen molar-refractivity contribution in [1.29, 1.82) is 0 Å². The minimum absolute atomic E-state index is 1.07. The molecule has 16 heavy (non-hydrogen) atoms. The zero-order chi connectivity index (χ0) is 11.3. The first kappa shape index (κ1) is 9.40. The summed E-state index contributed by atoms with van der Waals surface area (Å²) in [5.74, 6) is 0. The maximum Gasteiger partial charge on any atom is 0.0709 e. The van der Waals surface area contributed by atoms with E-state index in [1.807, 2.05) is 12.3 Å². The van der Waals surface area contributed by atoms with Crippen LogP contribution in [0.2, 0.25) is 0 Å². The Balaban J connectivity index is 2.65. The van der Waals surface area contributed by atoms with Crippen LogP contribution in [-0.4, -0.2) is 9.55 Å². The summed E-state index contributed by atoms with van der Waals surface area (Å²) < 4.78 is 2.23. The van der Waals surface area contributed by atoms with Gasteiger partial charge in [0.15, 0.2) is 0 Å². The molecule has 3 aromatic rings. The number of hydrogen-bond acceptors (Lipinski definition) is 1. The van der Waals surface area contributed by atoms with Gasteiger partial charge in [-0.25, -0.2) is 0 Å². The third-order valence-electron chi connectivity index (χ3n) is 3.53. The highest BCUT2D eigenvalue weighted by Gasteiger charge is 2.11. The molecule has 0 unspecified atom stereocenters. The van der Waals surface area contributed by atoms with Crippen molar-refractivity contribution in [3.8, 4) is 0 Å². The number of pyridine rings is 1. The highest BCUT2D eigenvalue weighted by Crippen LogP contribution is 2.30. The Kier molecular flexibility index (Phi) is 1.81. The minimum Gasteiger partial charge on any atom is -0.351 e. The van der Waals surface area contributed by atoms with E-state index in [2.05, 4.69) is 48.6 Å². The van der Waals surface area contributed by atoms with Crippen LogP contribution in [0.15, 0.2) is 30.5 Å². The van der Waals surface area contributed by atoms with Gasteiger partial charge in [-0.1, -0.05) is 18.2 Å². The van der Waals surface area contributed by atoms with Gasteiger partial charge in [-0.05, 0) is 19.9 Å². The SMILES string of the molecule is Cc1c2cnc3ccccc3c2c(C)n1C. The zero-order valence-electron chi connectivity index (χ0n) is 9.78. The number of hydrogen-bond donors (Lipinski definition) is 0. The van der Waals surface area contributed by atoms with E-state index in [-0.39, 0.29) is 0 Å². The molecule has 0 saturated carbocycles. The Bertz CT molecular complexity index is 693. The summed E-state index contributed by atoms with van der Waals surface area (Å²) in [6.45, 7) is 4.31.